The second-order valence-corrected chi connectivity index (χ2v) is 14.6. The number of hydrogen-bond donors (Lipinski definition) is 4. The summed E-state index contributed by atoms with van der Waals surface area (Å²) < 4.78 is 23.7. The number of nitrogens with one attached hydrogen (secondary N) is 2. The molecule has 11 nitrogen and oxygen atoms in total. The molecule has 1 unspecified atom stereocenters. The molecule has 6 rings (SSSR count). The van der Waals surface area contributed by atoms with Crippen molar-refractivity contribution in [3.8, 4) is 0 Å². The van der Waals surface area contributed by atoms with Crippen molar-refractivity contribution in [2.24, 2.45) is 17.3 Å². The number of fused-ring (bicyclic) bond motifs is 3. The van der Waals surface area contributed by atoms with Crippen LogP contribution in [-0.4, -0.2) is 90.1 Å². The molecule has 2 saturated heterocycles. The maximum Gasteiger partial charge on any atom is 0.339 e. The summed E-state index contributed by atoms with van der Waals surface area (Å²) in [6.45, 7) is 8.03. The largest absolute Gasteiger partial charge is 0.456 e. The minimum Gasteiger partial charge on any atom is -0.456 e. The zero-order valence-electron chi connectivity index (χ0n) is 27.7. The third kappa shape index (κ3) is 7.05. The fraction of sp³-hybridized carbons (Fsp3) is 0.639. The Morgan fingerprint density at radius 2 is 1.94 bits per heavy atom. The van der Waals surface area contributed by atoms with Crippen molar-refractivity contribution in [1.29, 1.82) is 0 Å². The molecular weight excluding hydrogens is 604 g/mol. The van der Waals surface area contributed by atoms with Gasteiger partial charge in [-0.2, -0.15) is 0 Å². The van der Waals surface area contributed by atoms with Crippen molar-refractivity contribution in [1.82, 2.24) is 10.6 Å². The van der Waals surface area contributed by atoms with Crippen LogP contribution in [0.5, 0.6) is 0 Å². The van der Waals surface area contributed by atoms with Gasteiger partial charge in [0.1, 0.15) is 31.1 Å². The molecule has 5 aliphatic rings. The summed E-state index contributed by atoms with van der Waals surface area (Å²) in [6, 6.07) is 6.21. The van der Waals surface area contributed by atoms with E-state index in [1.54, 1.807) is 12.1 Å². The van der Waals surface area contributed by atoms with Crippen molar-refractivity contribution in [2.45, 2.75) is 108 Å². The Balaban J connectivity index is 1.19. The molecule has 0 aromatic heterocycles. The summed E-state index contributed by atoms with van der Waals surface area (Å²) in [7, 11) is 0. The average molecular weight is 653 g/mol. The van der Waals surface area contributed by atoms with Crippen molar-refractivity contribution < 1.29 is 43.5 Å². The smallest absolute Gasteiger partial charge is 0.339 e. The van der Waals surface area contributed by atoms with Gasteiger partial charge in [0.05, 0.1) is 30.0 Å². The quantitative estimate of drug-likeness (QED) is 0.233. The van der Waals surface area contributed by atoms with Crippen LogP contribution in [0.4, 0.5) is 0 Å². The van der Waals surface area contributed by atoms with Gasteiger partial charge in [0.15, 0.2) is 0 Å². The van der Waals surface area contributed by atoms with Gasteiger partial charge in [-0.3, -0.25) is 9.59 Å². The van der Waals surface area contributed by atoms with E-state index in [9.17, 15) is 19.5 Å². The topological polar surface area (TPSA) is 156 Å². The van der Waals surface area contributed by atoms with E-state index < -0.39 is 48.2 Å². The lowest BCUT2D eigenvalue weighted by Gasteiger charge is -2.53. The van der Waals surface area contributed by atoms with E-state index in [4.69, 9.17) is 24.1 Å². The summed E-state index contributed by atoms with van der Waals surface area (Å²) in [5.74, 6) is -0.696. The molecule has 1 aromatic carbocycles. The second-order valence-electron chi connectivity index (χ2n) is 14.6. The predicted octanol–water partition coefficient (Wildman–Crippen LogP) is 3.03. The summed E-state index contributed by atoms with van der Waals surface area (Å²) in [5.41, 5.74) is 3.11. The number of carbonyl (C=O) groups excluding carboxylic acids is 3. The Kier molecular flexibility index (Phi) is 9.66. The Hall–Kier alpha value is -3.09. The molecule has 2 saturated carbocycles. The standard InChI is InChI=1S/C36H48N2O9/c1-20(40)30(33(42)37-13-14-39)38-32(41)23-16-27-31(45-19-44-27)28(17-23)46-34(43)24-8-6-5-7-21(24)15-22-9-10-29-36(4,47-29)12-11-26-25(22)18-35(26,2)3/h5-8,15-16,20,25-31,39-40H,9-14,17-19H2,1-4H3,(H,37,42)(H,38,41)/t20-,25+,26+,27+,28+,29?,30+,31+,36+/m0/s1. The molecule has 11 heteroatoms. The van der Waals surface area contributed by atoms with Gasteiger partial charge in [-0.15, -0.1) is 0 Å². The van der Waals surface area contributed by atoms with Crippen LogP contribution in [0.1, 0.15) is 82.1 Å². The molecule has 47 heavy (non-hydrogen) atoms. The van der Waals surface area contributed by atoms with Crippen LogP contribution in [0, 0.1) is 17.3 Å². The maximum atomic E-state index is 13.8. The van der Waals surface area contributed by atoms with E-state index in [-0.39, 0.29) is 49.1 Å². The number of allylic oxidation sites excluding steroid dienone is 1. The first-order valence-corrected chi connectivity index (χ1v) is 16.9. The van der Waals surface area contributed by atoms with Gasteiger partial charge < -0.3 is 39.8 Å². The Labute approximate surface area is 276 Å². The second kappa shape index (κ2) is 13.4. The molecule has 256 valence electrons. The number of epoxide rings is 1. The lowest BCUT2D eigenvalue weighted by atomic mass is 9.52. The predicted molar refractivity (Wildman–Crippen MR) is 172 cm³/mol. The van der Waals surface area contributed by atoms with Crippen LogP contribution >= 0.6 is 0 Å². The molecule has 1 aromatic rings. The fourth-order valence-electron chi connectivity index (χ4n) is 8.07. The van der Waals surface area contributed by atoms with Crippen LogP contribution in [0.3, 0.4) is 0 Å². The maximum absolute atomic E-state index is 13.8. The number of aliphatic hydroxyl groups excluding tert-OH is 2. The third-order valence-corrected chi connectivity index (χ3v) is 10.9. The van der Waals surface area contributed by atoms with Crippen LogP contribution < -0.4 is 10.6 Å². The van der Waals surface area contributed by atoms with Crippen molar-refractivity contribution in [3.05, 3.63) is 52.6 Å². The van der Waals surface area contributed by atoms with Crippen LogP contribution in [0.2, 0.25) is 0 Å². The van der Waals surface area contributed by atoms with Crippen LogP contribution in [-0.2, 0) is 28.5 Å². The van der Waals surface area contributed by atoms with E-state index in [2.05, 4.69) is 37.5 Å². The minimum absolute atomic E-state index is 0.00888. The number of ether oxygens (including phenoxy) is 4. The molecule has 2 heterocycles. The molecule has 0 bridgehead atoms. The fourth-order valence-corrected chi connectivity index (χ4v) is 8.07. The van der Waals surface area contributed by atoms with E-state index in [0.717, 1.165) is 37.7 Å². The minimum atomic E-state index is -1.24. The molecule has 2 aliphatic heterocycles. The lowest BCUT2D eigenvalue weighted by molar-refractivity contribution is -0.130. The third-order valence-electron chi connectivity index (χ3n) is 10.9. The van der Waals surface area contributed by atoms with E-state index >= 15 is 0 Å². The van der Waals surface area contributed by atoms with Crippen molar-refractivity contribution in [2.75, 3.05) is 19.9 Å². The molecule has 9 atom stereocenters. The normalized spacial score (nSPS) is 34.4. The van der Waals surface area contributed by atoms with Gasteiger partial charge in [0.2, 0.25) is 11.8 Å². The highest BCUT2D eigenvalue weighted by Gasteiger charge is 2.56. The van der Waals surface area contributed by atoms with Gasteiger partial charge in [0, 0.05) is 18.5 Å². The van der Waals surface area contributed by atoms with Crippen molar-refractivity contribution >= 4 is 23.9 Å². The SMILES string of the molecule is C[C@H](O)[C@@H](NC(=O)C1=C[C@H]2OCO[C@H]2[C@H](OC(=O)c2ccccc2C=C2CCC3O[C@]3(C)CC[C@@H]3[C@@H]2CC3(C)C)C1)C(=O)NCCO. The monoisotopic (exact) mass is 652 g/mol. The highest BCUT2D eigenvalue weighted by molar-refractivity contribution is 5.98. The van der Waals surface area contributed by atoms with Crippen LogP contribution in [0.15, 0.2) is 41.5 Å². The Morgan fingerprint density at radius 3 is 2.68 bits per heavy atom. The lowest BCUT2D eigenvalue weighted by Crippen LogP contribution is -2.54. The van der Waals surface area contributed by atoms with E-state index in [0.29, 0.717) is 17.4 Å². The molecule has 0 radical (unpaired) electrons. The highest BCUT2D eigenvalue weighted by Crippen LogP contribution is 2.59. The summed E-state index contributed by atoms with van der Waals surface area (Å²) in [6.07, 6.45) is 6.12. The molecule has 0 spiro atoms. The number of amides is 2. The van der Waals surface area contributed by atoms with E-state index in [1.165, 1.54) is 12.5 Å². The summed E-state index contributed by atoms with van der Waals surface area (Å²) in [4.78, 5) is 39.7. The number of aliphatic hydroxyl groups is 2. The summed E-state index contributed by atoms with van der Waals surface area (Å²) >= 11 is 0. The number of carbonyl (C=O) groups is 3. The number of benzene rings is 1. The first kappa shape index (κ1) is 33.8. The van der Waals surface area contributed by atoms with Gasteiger partial charge in [-0.05, 0) is 80.9 Å². The van der Waals surface area contributed by atoms with Gasteiger partial charge in [-0.25, -0.2) is 4.79 Å². The zero-order valence-corrected chi connectivity index (χ0v) is 27.7. The molecule has 4 fully saturated rings. The number of rotatable bonds is 9. The van der Waals surface area contributed by atoms with E-state index in [1.807, 2.05) is 18.2 Å². The molecule has 2 amide bonds. The Bertz CT molecular complexity index is 1440. The average Bonchev–Trinajstić information content (AvgIpc) is 3.41. The van der Waals surface area contributed by atoms with Gasteiger partial charge in [0.25, 0.3) is 0 Å². The van der Waals surface area contributed by atoms with Gasteiger partial charge in [-0.1, -0.05) is 43.7 Å². The first-order chi connectivity index (χ1) is 22.4. The van der Waals surface area contributed by atoms with Crippen molar-refractivity contribution in [3.63, 3.8) is 0 Å². The highest BCUT2D eigenvalue weighted by atomic mass is 16.7. The Morgan fingerprint density at radius 1 is 1.15 bits per heavy atom. The number of esters is 1. The molecule has 4 N–H and O–H groups in total. The zero-order chi connectivity index (χ0) is 33.5. The molecule has 3 aliphatic carbocycles. The molecular formula is C36H48N2O9. The number of hydrogen-bond acceptors (Lipinski definition) is 9. The van der Waals surface area contributed by atoms with Gasteiger partial charge >= 0.3 is 5.97 Å². The summed E-state index contributed by atoms with van der Waals surface area (Å²) in [5, 5.41) is 24.2. The van der Waals surface area contributed by atoms with Crippen LogP contribution in [0.25, 0.3) is 6.08 Å². The first-order valence-electron chi connectivity index (χ1n) is 16.9.